The lowest BCUT2D eigenvalue weighted by Crippen LogP contribution is -2.38. The summed E-state index contributed by atoms with van der Waals surface area (Å²) in [5.41, 5.74) is 1.24. The highest BCUT2D eigenvalue weighted by Crippen LogP contribution is 2.47. The molecule has 4 heteroatoms. The van der Waals surface area contributed by atoms with Gasteiger partial charge in [0.2, 0.25) is 0 Å². The van der Waals surface area contributed by atoms with Crippen molar-refractivity contribution in [1.82, 2.24) is 5.32 Å². The molecule has 1 unspecified atom stereocenters. The van der Waals surface area contributed by atoms with Gasteiger partial charge in [0.15, 0.2) is 0 Å². The molecule has 0 bridgehead atoms. The third kappa shape index (κ3) is 4.73. The molecule has 0 fully saturated rings. The number of nitrogens with one attached hydrogen (secondary N) is 1. The fraction of sp³-hybridized carbons (Fsp3) is 0.476. The van der Waals surface area contributed by atoms with Gasteiger partial charge in [-0.05, 0) is 42.5 Å². The molecule has 25 heavy (non-hydrogen) atoms. The molecule has 2 N–H and O–H groups in total. The van der Waals surface area contributed by atoms with Gasteiger partial charge in [-0.15, -0.1) is 0 Å². The second-order valence-electron chi connectivity index (χ2n) is 8.25. The van der Waals surface area contributed by atoms with Gasteiger partial charge in [0.05, 0.1) is 18.2 Å². The Hall–Kier alpha value is -2.07. The number of carboxylic acid groups (broad SMARTS) is 1. The van der Waals surface area contributed by atoms with Crippen molar-refractivity contribution in [2.24, 2.45) is 10.8 Å². The van der Waals surface area contributed by atoms with Crippen molar-refractivity contribution in [3.63, 3.8) is 0 Å². The van der Waals surface area contributed by atoms with Gasteiger partial charge >= 0.3 is 5.97 Å². The molecular weight excluding hydrogens is 314 g/mol. The molecule has 2 aromatic rings. The van der Waals surface area contributed by atoms with E-state index in [1.165, 1.54) is 0 Å². The summed E-state index contributed by atoms with van der Waals surface area (Å²) in [5, 5.41) is 13.0. The van der Waals surface area contributed by atoms with Gasteiger partial charge in [-0.25, -0.2) is 0 Å². The van der Waals surface area contributed by atoms with E-state index in [0.29, 0.717) is 6.54 Å². The van der Waals surface area contributed by atoms with E-state index >= 15 is 0 Å². The normalized spacial score (nSPS) is 13.6. The summed E-state index contributed by atoms with van der Waals surface area (Å²) < 4.78 is 5.30. The first-order chi connectivity index (χ1) is 11.6. The molecule has 1 atom stereocenters. The first-order valence-electron chi connectivity index (χ1n) is 8.67. The lowest BCUT2D eigenvalue weighted by Gasteiger charge is -2.40. The van der Waals surface area contributed by atoms with Gasteiger partial charge in [0, 0.05) is 12.5 Å². The maximum atomic E-state index is 11.8. The summed E-state index contributed by atoms with van der Waals surface area (Å²) >= 11 is 0. The van der Waals surface area contributed by atoms with E-state index in [-0.39, 0.29) is 11.3 Å². The summed E-state index contributed by atoms with van der Waals surface area (Å²) in [6, 6.07) is 12.1. The van der Waals surface area contributed by atoms with Crippen molar-refractivity contribution in [3.05, 3.63) is 59.5 Å². The first kappa shape index (κ1) is 19.3. The quantitative estimate of drug-likeness (QED) is 0.757. The Morgan fingerprint density at radius 1 is 1.08 bits per heavy atom. The molecule has 1 heterocycles. The summed E-state index contributed by atoms with van der Waals surface area (Å²) in [7, 11) is 0. The first-order valence-corrected chi connectivity index (χ1v) is 8.67. The van der Waals surface area contributed by atoms with Crippen LogP contribution >= 0.6 is 0 Å². The zero-order chi connectivity index (χ0) is 18.7. The lowest BCUT2D eigenvalue weighted by molar-refractivity contribution is -0.150. The number of benzene rings is 1. The largest absolute Gasteiger partial charge is 0.481 e. The number of hydrogen-bond donors (Lipinski definition) is 2. The topological polar surface area (TPSA) is 62.5 Å². The van der Waals surface area contributed by atoms with Crippen LogP contribution in [0.1, 0.15) is 57.4 Å². The SMILES string of the molecule is CC(C)(C)C(c1ccc(CNCc2ccco2)cc1)C(C)(C)C(=O)O. The molecule has 0 saturated heterocycles. The van der Waals surface area contributed by atoms with Crippen LogP contribution in [0.5, 0.6) is 0 Å². The van der Waals surface area contributed by atoms with E-state index in [1.807, 2.05) is 26.0 Å². The Labute approximate surface area is 150 Å². The lowest BCUT2D eigenvalue weighted by atomic mass is 9.63. The van der Waals surface area contributed by atoms with E-state index in [1.54, 1.807) is 6.26 Å². The smallest absolute Gasteiger partial charge is 0.309 e. The summed E-state index contributed by atoms with van der Waals surface area (Å²) in [6.45, 7) is 11.3. The monoisotopic (exact) mass is 343 g/mol. The van der Waals surface area contributed by atoms with E-state index < -0.39 is 11.4 Å². The predicted molar refractivity (Wildman–Crippen MR) is 99.3 cm³/mol. The molecule has 136 valence electrons. The Kier molecular flexibility index (Phi) is 5.73. The molecule has 2 rings (SSSR count). The van der Waals surface area contributed by atoms with Gasteiger partial charge in [-0.2, -0.15) is 0 Å². The maximum absolute atomic E-state index is 11.8. The van der Waals surface area contributed by atoms with E-state index in [9.17, 15) is 9.90 Å². The molecule has 1 aromatic carbocycles. The van der Waals surface area contributed by atoms with Crippen molar-refractivity contribution < 1.29 is 14.3 Å². The summed E-state index contributed by atoms with van der Waals surface area (Å²) in [4.78, 5) is 11.8. The fourth-order valence-electron chi connectivity index (χ4n) is 3.69. The van der Waals surface area contributed by atoms with Gasteiger partial charge in [-0.1, -0.05) is 45.0 Å². The molecule has 0 spiro atoms. The van der Waals surface area contributed by atoms with Crippen LogP contribution in [-0.2, 0) is 17.9 Å². The molecule has 0 saturated carbocycles. The van der Waals surface area contributed by atoms with Gasteiger partial charge < -0.3 is 14.8 Å². The van der Waals surface area contributed by atoms with Crippen LogP contribution in [-0.4, -0.2) is 11.1 Å². The number of carbonyl (C=O) groups is 1. The average molecular weight is 343 g/mol. The average Bonchev–Trinajstić information content (AvgIpc) is 3.00. The van der Waals surface area contributed by atoms with Gasteiger partial charge in [-0.3, -0.25) is 4.79 Å². The highest BCUT2D eigenvalue weighted by molar-refractivity contribution is 5.75. The van der Waals surface area contributed by atoms with Crippen LogP contribution < -0.4 is 5.32 Å². The van der Waals surface area contributed by atoms with Gasteiger partial charge in [0.25, 0.3) is 0 Å². The van der Waals surface area contributed by atoms with Crippen LogP contribution in [0, 0.1) is 10.8 Å². The fourth-order valence-corrected chi connectivity index (χ4v) is 3.69. The van der Waals surface area contributed by atoms with E-state index in [4.69, 9.17) is 4.42 Å². The zero-order valence-corrected chi connectivity index (χ0v) is 15.8. The molecule has 1 aromatic heterocycles. The Morgan fingerprint density at radius 3 is 2.20 bits per heavy atom. The van der Waals surface area contributed by atoms with Crippen molar-refractivity contribution in [1.29, 1.82) is 0 Å². The number of carboxylic acids is 1. The highest BCUT2D eigenvalue weighted by Gasteiger charge is 2.44. The second kappa shape index (κ2) is 7.44. The Morgan fingerprint density at radius 2 is 1.72 bits per heavy atom. The zero-order valence-electron chi connectivity index (χ0n) is 15.8. The van der Waals surface area contributed by atoms with E-state index in [0.717, 1.165) is 23.4 Å². The summed E-state index contributed by atoms with van der Waals surface area (Å²) in [5.74, 6) is 0.0619. The predicted octanol–water partition coefficient (Wildman–Crippen LogP) is 4.81. The minimum absolute atomic E-state index is 0.0809. The van der Waals surface area contributed by atoms with Crippen molar-refractivity contribution in [2.45, 2.75) is 53.6 Å². The number of rotatable bonds is 7. The van der Waals surface area contributed by atoms with Crippen molar-refractivity contribution >= 4 is 5.97 Å². The minimum Gasteiger partial charge on any atom is -0.481 e. The minimum atomic E-state index is -0.836. The van der Waals surface area contributed by atoms with Gasteiger partial charge in [0.1, 0.15) is 5.76 Å². The maximum Gasteiger partial charge on any atom is 0.309 e. The van der Waals surface area contributed by atoms with Crippen LogP contribution in [0.4, 0.5) is 0 Å². The molecule has 4 nitrogen and oxygen atoms in total. The third-order valence-electron chi connectivity index (χ3n) is 4.66. The summed E-state index contributed by atoms with van der Waals surface area (Å²) in [6.07, 6.45) is 1.67. The number of furan rings is 1. The van der Waals surface area contributed by atoms with Crippen molar-refractivity contribution in [2.75, 3.05) is 0 Å². The highest BCUT2D eigenvalue weighted by atomic mass is 16.4. The molecule has 0 aliphatic rings. The molecule has 0 aliphatic carbocycles. The Bertz CT molecular complexity index is 679. The van der Waals surface area contributed by atoms with Crippen LogP contribution in [0.2, 0.25) is 0 Å². The second-order valence-corrected chi connectivity index (χ2v) is 8.25. The van der Waals surface area contributed by atoms with Crippen LogP contribution in [0.15, 0.2) is 47.1 Å². The number of aliphatic carboxylic acids is 1. The van der Waals surface area contributed by atoms with Crippen molar-refractivity contribution in [3.8, 4) is 0 Å². The molecular formula is C21H29NO3. The standard InChI is InChI=1S/C21H29NO3/c1-20(2,3)18(21(4,5)19(23)24)16-10-8-15(9-11-16)13-22-14-17-7-6-12-25-17/h6-12,18,22H,13-14H2,1-5H3,(H,23,24). The van der Waals surface area contributed by atoms with E-state index in [2.05, 4.69) is 50.4 Å². The van der Waals surface area contributed by atoms with Crippen LogP contribution in [0.3, 0.4) is 0 Å². The molecule has 0 radical (unpaired) electrons. The molecule has 0 aliphatic heterocycles. The number of hydrogen-bond acceptors (Lipinski definition) is 3. The van der Waals surface area contributed by atoms with Crippen LogP contribution in [0.25, 0.3) is 0 Å². The third-order valence-corrected chi connectivity index (χ3v) is 4.66. The molecule has 0 amide bonds. The Balaban J connectivity index is 2.11.